The third kappa shape index (κ3) is 6.04. The number of nitrogens with zero attached hydrogens (tertiary/aromatic N) is 1. The lowest BCUT2D eigenvalue weighted by Gasteiger charge is -2.17. The van der Waals surface area contributed by atoms with Crippen LogP contribution < -0.4 is 0 Å². The first-order valence-electron chi connectivity index (χ1n) is 6.34. The zero-order valence-electron chi connectivity index (χ0n) is 11.7. The van der Waals surface area contributed by atoms with Gasteiger partial charge >= 0.3 is 5.97 Å². The molecule has 4 heteroatoms. The zero-order chi connectivity index (χ0) is 14.3. The summed E-state index contributed by atoms with van der Waals surface area (Å²) in [6, 6.07) is 9.40. The Bertz CT molecular complexity index is 432. The van der Waals surface area contributed by atoms with Gasteiger partial charge in [-0.2, -0.15) is 0 Å². The van der Waals surface area contributed by atoms with E-state index in [-0.39, 0.29) is 17.7 Å². The Morgan fingerprint density at radius 3 is 2.42 bits per heavy atom. The Morgan fingerprint density at radius 2 is 1.89 bits per heavy atom. The number of oxime groups is 1. The zero-order valence-corrected chi connectivity index (χ0v) is 11.7. The molecule has 0 aromatic heterocycles. The van der Waals surface area contributed by atoms with Crippen molar-refractivity contribution < 1.29 is 14.7 Å². The molecule has 0 aliphatic rings. The minimum absolute atomic E-state index is 0.0749. The molecule has 0 aliphatic carbocycles. The van der Waals surface area contributed by atoms with Gasteiger partial charge in [0.1, 0.15) is 6.61 Å². The Labute approximate surface area is 114 Å². The maximum Gasteiger partial charge on any atom is 0.356 e. The molecule has 1 aromatic carbocycles. The van der Waals surface area contributed by atoms with Crippen LogP contribution in [0.1, 0.15) is 39.2 Å². The first-order chi connectivity index (χ1) is 8.92. The second kappa shape index (κ2) is 6.92. The first-order valence-corrected chi connectivity index (χ1v) is 6.34. The second-order valence-corrected chi connectivity index (χ2v) is 5.67. The molecule has 0 amide bonds. The summed E-state index contributed by atoms with van der Waals surface area (Å²) in [5.41, 5.74) is 1.06. The van der Waals surface area contributed by atoms with Crippen molar-refractivity contribution in [3.05, 3.63) is 35.9 Å². The van der Waals surface area contributed by atoms with Gasteiger partial charge in [-0.1, -0.05) is 56.3 Å². The van der Waals surface area contributed by atoms with Gasteiger partial charge in [0, 0.05) is 6.42 Å². The molecule has 1 rings (SSSR count). The molecule has 0 aliphatic heterocycles. The van der Waals surface area contributed by atoms with Gasteiger partial charge in [-0.15, -0.1) is 0 Å². The summed E-state index contributed by atoms with van der Waals surface area (Å²) in [5.74, 6) is -0.560. The van der Waals surface area contributed by atoms with Crippen molar-refractivity contribution in [3.63, 3.8) is 0 Å². The summed E-state index contributed by atoms with van der Waals surface area (Å²) in [5, 5.41) is 11.9. The minimum Gasteiger partial charge on any atom is -0.456 e. The lowest BCUT2D eigenvalue weighted by molar-refractivity contribution is -0.137. The molecule has 0 atom stereocenters. The van der Waals surface area contributed by atoms with Crippen LogP contribution in [0.25, 0.3) is 0 Å². The van der Waals surface area contributed by atoms with E-state index >= 15 is 0 Å². The number of hydrogen-bond donors (Lipinski definition) is 1. The number of benzene rings is 1. The maximum absolute atomic E-state index is 11.8. The molecule has 1 aromatic rings. The van der Waals surface area contributed by atoms with Crippen LogP contribution >= 0.6 is 0 Å². The van der Waals surface area contributed by atoms with Crippen molar-refractivity contribution in [2.45, 2.75) is 40.2 Å². The molecule has 0 saturated carbocycles. The average Bonchev–Trinajstić information content (AvgIpc) is 2.37. The van der Waals surface area contributed by atoms with E-state index in [1.165, 1.54) is 0 Å². The molecular weight excluding hydrogens is 242 g/mol. The van der Waals surface area contributed by atoms with Gasteiger partial charge in [0.25, 0.3) is 0 Å². The highest BCUT2D eigenvalue weighted by atomic mass is 16.5. The normalized spacial score (nSPS) is 12.3. The third-order valence-corrected chi connectivity index (χ3v) is 2.68. The van der Waals surface area contributed by atoms with Crippen molar-refractivity contribution in [3.8, 4) is 0 Å². The Kier molecular flexibility index (Phi) is 5.55. The lowest BCUT2D eigenvalue weighted by Crippen LogP contribution is -2.20. The highest BCUT2D eigenvalue weighted by molar-refractivity contribution is 6.36. The molecule has 0 spiro atoms. The molecule has 1 N–H and O–H groups in total. The van der Waals surface area contributed by atoms with E-state index in [1.807, 2.05) is 30.3 Å². The molecule has 0 bridgehead atoms. The van der Waals surface area contributed by atoms with E-state index < -0.39 is 5.97 Å². The van der Waals surface area contributed by atoms with Gasteiger partial charge in [0.15, 0.2) is 5.71 Å². The maximum atomic E-state index is 11.8. The van der Waals surface area contributed by atoms with Crippen molar-refractivity contribution in [2.24, 2.45) is 10.6 Å². The Hall–Kier alpha value is -1.84. The highest BCUT2D eigenvalue weighted by Gasteiger charge is 2.18. The Morgan fingerprint density at radius 1 is 1.26 bits per heavy atom. The van der Waals surface area contributed by atoms with E-state index in [2.05, 4.69) is 25.9 Å². The molecular formula is C15H21NO3. The van der Waals surface area contributed by atoms with Crippen LogP contribution in [-0.2, 0) is 16.1 Å². The van der Waals surface area contributed by atoms with Crippen LogP contribution in [0.2, 0.25) is 0 Å². The molecule has 0 heterocycles. The summed E-state index contributed by atoms with van der Waals surface area (Å²) < 4.78 is 5.12. The van der Waals surface area contributed by atoms with E-state index in [4.69, 9.17) is 9.94 Å². The fourth-order valence-electron chi connectivity index (χ4n) is 1.49. The molecule has 0 radical (unpaired) electrons. The van der Waals surface area contributed by atoms with Crippen molar-refractivity contribution in [1.82, 2.24) is 0 Å². The van der Waals surface area contributed by atoms with Crippen LogP contribution in [0.4, 0.5) is 0 Å². The summed E-state index contributed by atoms with van der Waals surface area (Å²) in [7, 11) is 0. The monoisotopic (exact) mass is 263 g/mol. The number of esters is 1. The van der Waals surface area contributed by atoms with Gasteiger partial charge in [-0.25, -0.2) is 4.79 Å². The minimum atomic E-state index is -0.560. The lowest BCUT2D eigenvalue weighted by atomic mass is 9.89. The van der Waals surface area contributed by atoms with E-state index in [1.54, 1.807) is 0 Å². The fraction of sp³-hybridized carbons (Fsp3) is 0.467. The SMILES string of the molecule is CC(C)(C)CCC(=NO)C(=O)OCc1ccccc1. The number of carbonyl (C=O) groups is 1. The smallest absolute Gasteiger partial charge is 0.356 e. The average molecular weight is 263 g/mol. The standard InChI is InChI=1S/C15H21NO3/c1-15(2,3)10-9-13(16-18)14(17)19-11-12-7-5-4-6-8-12/h4-8,18H,9-11H2,1-3H3. The number of carbonyl (C=O) groups excluding carboxylic acids is 1. The number of hydrogen-bond acceptors (Lipinski definition) is 4. The number of ether oxygens (including phenoxy) is 1. The molecule has 19 heavy (non-hydrogen) atoms. The van der Waals surface area contributed by atoms with Gasteiger partial charge in [-0.05, 0) is 17.4 Å². The largest absolute Gasteiger partial charge is 0.456 e. The predicted molar refractivity (Wildman–Crippen MR) is 74.1 cm³/mol. The van der Waals surface area contributed by atoms with Crippen LogP contribution in [0.3, 0.4) is 0 Å². The summed E-state index contributed by atoms with van der Waals surface area (Å²) in [4.78, 5) is 11.8. The second-order valence-electron chi connectivity index (χ2n) is 5.67. The Balaban J connectivity index is 2.47. The van der Waals surface area contributed by atoms with E-state index in [9.17, 15) is 4.79 Å². The summed E-state index contributed by atoms with van der Waals surface area (Å²) >= 11 is 0. The first kappa shape index (κ1) is 15.2. The molecule has 0 saturated heterocycles. The fourth-order valence-corrected chi connectivity index (χ4v) is 1.49. The van der Waals surface area contributed by atoms with Gasteiger partial charge in [0.05, 0.1) is 0 Å². The summed E-state index contributed by atoms with van der Waals surface area (Å²) in [6.07, 6.45) is 1.17. The van der Waals surface area contributed by atoms with Crippen LogP contribution in [0.15, 0.2) is 35.5 Å². The van der Waals surface area contributed by atoms with Crippen molar-refractivity contribution in [2.75, 3.05) is 0 Å². The number of rotatable bonds is 5. The van der Waals surface area contributed by atoms with E-state index in [0.29, 0.717) is 6.42 Å². The van der Waals surface area contributed by atoms with E-state index in [0.717, 1.165) is 12.0 Å². The molecule has 4 nitrogen and oxygen atoms in total. The topological polar surface area (TPSA) is 58.9 Å². The molecule has 0 fully saturated rings. The van der Waals surface area contributed by atoms with Crippen molar-refractivity contribution >= 4 is 11.7 Å². The summed E-state index contributed by atoms with van der Waals surface area (Å²) in [6.45, 7) is 6.39. The third-order valence-electron chi connectivity index (χ3n) is 2.68. The molecule has 104 valence electrons. The molecule has 0 unspecified atom stereocenters. The quantitative estimate of drug-likeness (QED) is 0.383. The van der Waals surface area contributed by atoms with Crippen LogP contribution in [0, 0.1) is 5.41 Å². The van der Waals surface area contributed by atoms with Crippen LogP contribution in [0.5, 0.6) is 0 Å². The van der Waals surface area contributed by atoms with Gasteiger partial charge in [-0.3, -0.25) is 0 Å². The van der Waals surface area contributed by atoms with Crippen LogP contribution in [-0.4, -0.2) is 16.9 Å². The highest BCUT2D eigenvalue weighted by Crippen LogP contribution is 2.21. The predicted octanol–water partition coefficient (Wildman–Crippen LogP) is 3.39. The van der Waals surface area contributed by atoms with Crippen molar-refractivity contribution in [1.29, 1.82) is 0 Å². The van der Waals surface area contributed by atoms with Gasteiger partial charge < -0.3 is 9.94 Å². The van der Waals surface area contributed by atoms with Gasteiger partial charge in [0.2, 0.25) is 0 Å².